The summed E-state index contributed by atoms with van der Waals surface area (Å²) in [6.45, 7) is 2.74. The van der Waals surface area contributed by atoms with Gasteiger partial charge in [-0.1, -0.05) is 0 Å². The molecule has 2 aliphatic rings. The fourth-order valence-electron chi connectivity index (χ4n) is 2.74. The summed E-state index contributed by atoms with van der Waals surface area (Å²) in [5.41, 5.74) is 0.947. The van der Waals surface area contributed by atoms with Crippen LogP contribution in [0.3, 0.4) is 0 Å². The smallest absolute Gasteiger partial charge is 0.247 e. The summed E-state index contributed by atoms with van der Waals surface area (Å²) in [7, 11) is 0. The Balaban J connectivity index is 1.56. The van der Waals surface area contributed by atoms with E-state index in [2.05, 4.69) is 10.2 Å². The summed E-state index contributed by atoms with van der Waals surface area (Å²) < 4.78 is 18.0. The van der Waals surface area contributed by atoms with Gasteiger partial charge in [-0.15, -0.1) is 0 Å². The molecule has 118 valence electrons. The number of halogens is 1. The fraction of sp³-hybridized carbons (Fsp3) is 0.467. The Kier molecular flexibility index (Phi) is 4.24. The van der Waals surface area contributed by atoms with Gasteiger partial charge in [-0.25, -0.2) is 4.39 Å². The summed E-state index contributed by atoms with van der Waals surface area (Å²) in [6.07, 6.45) is 0. The van der Waals surface area contributed by atoms with Gasteiger partial charge >= 0.3 is 0 Å². The lowest BCUT2D eigenvalue weighted by molar-refractivity contribution is -0.144. The predicted octanol–water partition coefficient (Wildman–Crippen LogP) is -0.0107. The molecule has 3 rings (SSSR count). The average molecular weight is 307 g/mol. The van der Waals surface area contributed by atoms with Crippen LogP contribution in [0.5, 0.6) is 0 Å². The maximum atomic E-state index is 12.9. The number of amides is 2. The molecule has 7 heteroatoms. The second-order valence-electron chi connectivity index (χ2n) is 5.42. The van der Waals surface area contributed by atoms with Gasteiger partial charge in [0.25, 0.3) is 0 Å². The van der Waals surface area contributed by atoms with Gasteiger partial charge in [0.1, 0.15) is 18.5 Å². The maximum Gasteiger partial charge on any atom is 0.247 e. The number of hydrogen-bond donors (Lipinski definition) is 1. The first kappa shape index (κ1) is 14.8. The lowest BCUT2D eigenvalue weighted by Gasteiger charge is -2.38. The van der Waals surface area contributed by atoms with Crippen molar-refractivity contribution in [1.29, 1.82) is 0 Å². The highest BCUT2D eigenvalue weighted by Crippen LogP contribution is 2.17. The molecule has 0 saturated carbocycles. The van der Waals surface area contributed by atoms with Crippen LogP contribution in [0.2, 0.25) is 0 Å². The van der Waals surface area contributed by atoms with E-state index in [1.807, 2.05) is 0 Å². The molecule has 0 bridgehead atoms. The molecule has 1 atom stereocenters. The highest BCUT2D eigenvalue weighted by molar-refractivity contribution is 5.89. The third kappa shape index (κ3) is 3.19. The summed E-state index contributed by atoms with van der Waals surface area (Å²) in [5.74, 6) is -0.619. The fourth-order valence-corrected chi connectivity index (χ4v) is 2.74. The standard InChI is InChI=1S/C15H18FN3O3/c16-11-1-3-12(4-2-11)18-5-7-19(8-6-18)15(21)13-9-22-10-14(20)17-13/h1-4,13H,5-10H2,(H,17,20). The third-order valence-electron chi connectivity index (χ3n) is 3.93. The summed E-state index contributed by atoms with van der Waals surface area (Å²) in [5, 5.41) is 2.65. The van der Waals surface area contributed by atoms with E-state index < -0.39 is 6.04 Å². The molecule has 2 fully saturated rings. The quantitative estimate of drug-likeness (QED) is 0.835. The number of carbonyl (C=O) groups excluding carboxylic acids is 2. The molecule has 0 aliphatic carbocycles. The topological polar surface area (TPSA) is 61.9 Å². The van der Waals surface area contributed by atoms with Crippen LogP contribution in [-0.2, 0) is 14.3 Å². The van der Waals surface area contributed by atoms with Gasteiger partial charge < -0.3 is 19.9 Å². The van der Waals surface area contributed by atoms with Crippen molar-refractivity contribution in [3.8, 4) is 0 Å². The number of nitrogens with one attached hydrogen (secondary N) is 1. The molecule has 2 saturated heterocycles. The van der Waals surface area contributed by atoms with Crippen LogP contribution in [-0.4, -0.2) is 62.1 Å². The van der Waals surface area contributed by atoms with Gasteiger partial charge in [0.15, 0.2) is 0 Å². The van der Waals surface area contributed by atoms with E-state index in [1.54, 1.807) is 17.0 Å². The third-order valence-corrected chi connectivity index (χ3v) is 3.93. The van der Waals surface area contributed by atoms with Crippen LogP contribution in [0, 0.1) is 5.82 Å². The van der Waals surface area contributed by atoms with E-state index >= 15 is 0 Å². The van der Waals surface area contributed by atoms with Crippen LogP contribution in [0.15, 0.2) is 24.3 Å². The minimum Gasteiger partial charge on any atom is -0.369 e. The van der Waals surface area contributed by atoms with Crippen molar-refractivity contribution in [2.24, 2.45) is 0 Å². The van der Waals surface area contributed by atoms with Gasteiger partial charge in [-0.3, -0.25) is 9.59 Å². The van der Waals surface area contributed by atoms with Crippen LogP contribution >= 0.6 is 0 Å². The van der Waals surface area contributed by atoms with Crippen molar-refractivity contribution in [2.75, 3.05) is 44.3 Å². The van der Waals surface area contributed by atoms with Crippen LogP contribution in [0.4, 0.5) is 10.1 Å². The van der Waals surface area contributed by atoms with Gasteiger partial charge in [0.2, 0.25) is 11.8 Å². The zero-order valence-corrected chi connectivity index (χ0v) is 12.1. The predicted molar refractivity (Wildman–Crippen MR) is 77.9 cm³/mol. The molecule has 0 aromatic heterocycles. The van der Waals surface area contributed by atoms with Gasteiger partial charge in [-0.2, -0.15) is 0 Å². The van der Waals surface area contributed by atoms with E-state index in [-0.39, 0.29) is 30.8 Å². The van der Waals surface area contributed by atoms with E-state index in [9.17, 15) is 14.0 Å². The first-order valence-electron chi connectivity index (χ1n) is 7.30. The average Bonchev–Trinajstić information content (AvgIpc) is 2.55. The molecular weight excluding hydrogens is 289 g/mol. The van der Waals surface area contributed by atoms with Crippen molar-refractivity contribution in [3.63, 3.8) is 0 Å². The number of hydrogen-bond acceptors (Lipinski definition) is 4. The molecule has 1 aromatic rings. The Morgan fingerprint density at radius 1 is 1.18 bits per heavy atom. The van der Waals surface area contributed by atoms with Crippen LogP contribution < -0.4 is 10.2 Å². The molecule has 1 N–H and O–H groups in total. The Hall–Kier alpha value is -2.15. The minimum atomic E-state index is -0.585. The highest BCUT2D eigenvalue weighted by Gasteiger charge is 2.31. The Labute approximate surface area is 127 Å². The van der Waals surface area contributed by atoms with E-state index in [0.29, 0.717) is 26.2 Å². The number of nitrogens with zero attached hydrogens (tertiary/aromatic N) is 2. The Morgan fingerprint density at radius 2 is 1.86 bits per heavy atom. The van der Waals surface area contributed by atoms with E-state index in [4.69, 9.17) is 4.74 Å². The Morgan fingerprint density at radius 3 is 2.50 bits per heavy atom. The molecule has 1 aromatic carbocycles. The number of piperazine rings is 1. The molecule has 2 heterocycles. The molecule has 2 aliphatic heterocycles. The number of rotatable bonds is 2. The highest BCUT2D eigenvalue weighted by atomic mass is 19.1. The largest absolute Gasteiger partial charge is 0.369 e. The first-order valence-corrected chi connectivity index (χ1v) is 7.30. The minimum absolute atomic E-state index is 0.0160. The van der Waals surface area contributed by atoms with Gasteiger partial charge in [0, 0.05) is 31.9 Å². The zero-order chi connectivity index (χ0) is 15.5. The monoisotopic (exact) mass is 307 g/mol. The molecule has 0 radical (unpaired) electrons. The SMILES string of the molecule is O=C1COCC(C(=O)N2CCN(c3ccc(F)cc3)CC2)N1. The molecule has 22 heavy (non-hydrogen) atoms. The van der Waals surface area contributed by atoms with Crippen molar-refractivity contribution in [3.05, 3.63) is 30.1 Å². The molecular formula is C15H18FN3O3. The molecule has 6 nitrogen and oxygen atoms in total. The summed E-state index contributed by atoms with van der Waals surface area (Å²) in [6, 6.07) is 5.76. The summed E-state index contributed by atoms with van der Waals surface area (Å²) in [4.78, 5) is 27.5. The van der Waals surface area contributed by atoms with Crippen LogP contribution in [0.25, 0.3) is 0 Å². The second-order valence-corrected chi connectivity index (χ2v) is 5.42. The lowest BCUT2D eigenvalue weighted by Crippen LogP contribution is -2.58. The number of ether oxygens (including phenoxy) is 1. The van der Waals surface area contributed by atoms with E-state index in [1.165, 1.54) is 12.1 Å². The normalized spacial score (nSPS) is 22.4. The van der Waals surface area contributed by atoms with Gasteiger partial charge in [-0.05, 0) is 24.3 Å². The summed E-state index contributed by atoms with van der Waals surface area (Å²) >= 11 is 0. The van der Waals surface area contributed by atoms with Gasteiger partial charge in [0.05, 0.1) is 6.61 Å². The van der Waals surface area contributed by atoms with E-state index in [0.717, 1.165) is 5.69 Å². The number of carbonyl (C=O) groups is 2. The molecule has 2 amide bonds. The Bertz CT molecular complexity index is 556. The number of morpholine rings is 1. The van der Waals surface area contributed by atoms with Crippen molar-refractivity contribution in [2.45, 2.75) is 6.04 Å². The number of anilines is 1. The van der Waals surface area contributed by atoms with Crippen molar-refractivity contribution < 1.29 is 18.7 Å². The molecule has 0 spiro atoms. The zero-order valence-electron chi connectivity index (χ0n) is 12.1. The first-order chi connectivity index (χ1) is 10.6. The second kappa shape index (κ2) is 6.31. The molecule has 1 unspecified atom stereocenters. The van der Waals surface area contributed by atoms with Crippen molar-refractivity contribution >= 4 is 17.5 Å². The van der Waals surface area contributed by atoms with Crippen LogP contribution in [0.1, 0.15) is 0 Å². The van der Waals surface area contributed by atoms with Crippen molar-refractivity contribution in [1.82, 2.24) is 10.2 Å². The number of benzene rings is 1. The lowest BCUT2D eigenvalue weighted by atomic mass is 10.2. The maximum absolute atomic E-state index is 12.9.